The largest absolute Gasteiger partial charge is 0.345 e. The number of carbonyl (C=O) groups excluding carboxylic acids is 2. The molecule has 0 radical (unpaired) electrons. The monoisotopic (exact) mass is 304 g/mol. The van der Waals surface area contributed by atoms with Gasteiger partial charge in [0.05, 0.1) is 12.1 Å². The van der Waals surface area contributed by atoms with Gasteiger partial charge in [-0.25, -0.2) is 0 Å². The standard InChI is InChI=1S/C18H28N2O2/c1-12(2)15(11-21)20-17(22)16(19-6)18(4,5)14-9-7-8-13(3)10-14/h7-12,15-16,19H,1-6H3,(H,20,22)/t15?,16-/m1/s1. The Morgan fingerprint density at radius 2 is 1.91 bits per heavy atom. The van der Waals surface area contributed by atoms with Gasteiger partial charge in [0.25, 0.3) is 0 Å². The number of carbonyl (C=O) groups is 2. The number of aldehydes is 1. The Morgan fingerprint density at radius 1 is 1.27 bits per heavy atom. The Hall–Kier alpha value is -1.68. The van der Waals surface area contributed by atoms with Crippen LogP contribution in [0, 0.1) is 12.8 Å². The number of amides is 1. The van der Waals surface area contributed by atoms with Crippen molar-refractivity contribution in [3.63, 3.8) is 0 Å². The van der Waals surface area contributed by atoms with Crippen LogP contribution in [-0.2, 0) is 15.0 Å². The predicted octanol–water partition coefficient (Wildman–Crippen LogP) is 2.20. The zero-order valence-corrected chi connectivity index (χ0v) is 14.4. The van der Waals surface area contributed by atoms with Gasteiger partial charge >= 0.3 is 0 Å². The third kappa shape index (κ3) is 4.17. The first-order chi connectivity index (χ1) is 10.2. The van der Waals surface area contributed by atoms with Crippen molar-refractivity contribution in [1.29, 1.82) is 0 Å². The van der Waals surface area contributed by atoms with E-state index < -0.39 is 17.5 Å². The van der Waals surface area contributed by atoms with Gasteiger partial charge in [0.15, 0.2) is 0 Å². The minimum atomic E-state index is -0.461. The molecule has 0 aromatic heterocycles. The highest BCUT2D eigenvalue weighted by atomic mass is 16.2. The first-order valence-electron chi connectivity index (χ1n) is 7.74. The Kier molecular flexibility index (Phi) is 6.30. The van der Waals surface area contributed by atoms with Crippen LogP contribution in [0.1, 0.15) is 38.8 Å². The molecule has 2 N–H and O–H groups in total. The van der Waals surface area contributed by atoms with Crippen molar-refractivity contribution in [2.24, 2.45) is 5.92 Å². The van der Waals surface area contributed by atoms with E-state index in [0.29, 0.717) is 0 Å². The fourth-order valence-corrected chi connectivity index (χ4v) is 2.64. The lowest BCUT2D eigenvalue weighted by atomic mass is 9.76. The summed E-state index contributed by atoms with van der Waals surface area (Å²) < 4.78 is 0. The summed E-state index contributed by atoms with van der Waals surface area (Å²) in [6, 6.07) is 7.28. The first-order valence-corrected chi connectivity index (χ1v) is 7.74. The summed E-state index contributed by atoms with van der Waals surface area (Å²) in [5.41, 5.74) is 1.86. The highest BCUT2D eigenvalue weighted by Crippen LogP contribution is 2.28. The molecule has 0 aliphatic rings. The third-order valence-electron chi connectivity index (χ3n) is 4.21. The number of aryl methyl sites for hydroxylation is 1. The average molecular weight is 304 g/mol. The fourth-order valence-electron chi connectivity index (χ4n) is 2.64. The second-order valence-corrected chi connectivity index (χ2v) is 6.73. The highest BCUT2D eigenvalue weighted by molar-refractivity contribution is 5.86. The molecule has 1 aromatic carbocycles. The van der Waals surface area contributed by atoms with E-state index in [1.807, 2.05) is 52.8 Å². The van der Waals surface area contributed by atoms with Crippen molar-refractivity contribution in [3.05, 3.63) is 35.4 Å². The fraction of sp³-hybridized carbons (Fsp3) is 0.556. The van der Waals surface area contributed by atoms with Gasteiger partial charge in [-0.05, 0) is 25.5 Å². The second kappa shape index (κ2) is 7.54. The quantitative estimate of drug-likeness (QED) is 0.759. The van der Waals surface area contributed by atoms with E-state index in [1.54, 1.807) is 7.05 Å². The molecule has 0 spiro atoms. The lowest BCUT2D eigenvalue weighted by Gasteiger charge is -2.35. The SMILES string of the molecule is CN[C@H](C(=O)NC(C=O)C(C)C)C(C)(C)c1cccc(C)c1. The van der Waals surface area contributed by atoms with Gasteiger partial charge in [-0.3, -0.25) is 4.79 Å². The molecular formula is C18H28N2O2. The summed E-state index contributed by atoms with van der Waals surface area (Å²) in [5, 5.41) is 5.94. The Labute approximate surface area is 133 Å². The third-order valence-corrected chi connectivity index (χ3v) is 4.21. The zero-order chi connectivity index (χ0) is 16.9. The van der Waals surface area contributed by atoms with E-state index in [-0.39, 0.29) is 11.8 Å². The molecule has 1 amide bonds. The molecule has 2 atom stereocenters. The topological polar surface area (TPSA) is 58.2 Å². The molecule has 122 valence electrons. The molecule has 0 aliphatic carbocycles. The van der Waals surface area contributed by atoms with Gasteiger partial charge in [-0.15, -0.1) is 0 Å². The summed E-state index contributed by atoms with van der Waals surface area (Å²) in [6.07, 6.45) is 0.801. The van der Waals surface area contributed by atoms with E-state index in [9.17, 15) is 9.59 Å². The molecule has 1 aromatic rings. The van der Waals surface area contributed by atoms with Crippen molar-refractivity contribution in [2.45, 2.75) is 52.1 Å². The number of nitrogens with one attached hydrogen (secondary N) is 2. The van der Waals surface area contributed by atoms with E-state index in [0.717, 1.165) is 17.4 Å². The molecule has 0 saturated heterocycles. The van der Waals surface area contributed by atoms with Crippen molar-refractivity contribution in [2.75, 3.05) is 7.05 Å². The van der Waals surface area contributed by atoms with Crippen molar-refractivity contribution in [1.82, 2.24) is 10.6 Å². The Balaban J connectivity index is 3.03. The maximum Gasteiger partial charge on any atom is 0.238 e. The van der Waals surface area contributed by atoms with Crippen LogP contribution < -0.4 is 10.6 Å². The molecule has 4 nitrogen and oxygen atoms in total. The molecule has 1 unspecified atom stereocenters. The lowest BCUT2D eigenvalue weighted by Crippen LogP contribution is -2.56. The van der Waals surface area contributed by atoms with Crippen molar-refractivity contribution >= 4 is 12.2 Å². The number of benzene rings is 1. The number of likely N-dealkylation sites (N-methyl/N-ethyl adjacent to an activating group) is 1. The molecule has 1 rings (SSSR count). The van der Waals surface area contributed by atoms with Crippen LogP contribution in [0.25, 0.3) is 0 Å². The normalized spacial score (nSPS) is 14.5. The van der Waals surface area contributed by atoms with Gasteiger partial charge < -0.3 is 15.4 Å². The minimum Gasteiger partial charge on any atom is -0.345 e. The van der Waals surface area contributed by atoms with Gasteiger partial charge in [0.1, 0.15) is 6.29 Å². The highest BCUT2D eigenvalue weighted by Gasteiger charge is 2.36. The lowest BCUT2D eigenvalue weighted by molar-refractivity contribution is -0.127. The van der Waals surface area contributed by atoms with Crippen LogP contribution in [0.2, 0.25) is 0 Å². The van der Waals surface area contributed by atoms with E-state index in [4.69, 9.17) is 0 Å². The minimum absolute atomic E-state index is 0.0704. The molecule has 0 heterocycles. The summed E-state index contributed by atoms with van der Waals surface area (Å²) in [4.78, 5) is 23.7. The molecule has 0 bridgehead atoms. The number of rotatable bonds is 7. The smallest absolute Gasteiger partial charge is 0.238 e. The van der Waals surface area contributed by atoms with E-state index in [2.05, 4.69) is 16.7 Å². The maximum atomic E-state index is 12.6. The molecule has 0 fully saturated rings. The van der Waals surface area contributed by atoms with E-state index in [1.165, 1.54) is 0 Å². The Bertz CT molecular complexity index is 524. The van der Waals surface area contributed by atoms with Crippen LogP contribution in [0.15, 0.2) is 24.3 Å². The van der Waals surface area contributed by atoms with Crippen LogP contribution in [0.4, 0.5) is 0 Å². The molecule has 0 aliphatic heterocycles. The van der Waals surface area contributed by atoms with Crippen LogP contribution >= 0.6 is 0 Å². The van der Waals surface area contributed by atoms with E-state index >= 15 is 0 Å². The van der Waals surface area contributed by atoms with Crippen LogP contribution in [-0.4, -0.2) is 31.3 Å². The van der Waals surface area contributed by atoms with Crippen LogP contribution in [0.5, 0.6) is 0 Å². The molecular weight excluding hydrogens is 276 g/mol. The van der Waals surface area contributed by atoms with Gasteiger partial charge in [0, 0.05) is 5.41 Å². The van der Waals surface area contributed by atoms with Gasteiger partial charge in [-0.1, -0.05) is 57.5 Å². The predicted molar refractivity (Wildman–Crippen MR) is 89.9 cm³/mol. The second-order valence-electron chi connectivity index (χ2n) is 6.73. The molecule has 22 heavy (non-hydrogen) atoms. The average Bonchev–Trinajstić information content (AvgIpc) is 2.44. The summed E-state index contributed by atoms with van der Waals surface area (Å²) in [7, 11) is 1.77. The Morgan fingerprint density at radius 3 is 2.36 bits per heavy atom. The van der Waals surface area contributed by atoms with Gasteiger partial charge in [-0.2, -0.15) is 0 Å². The summed E-state index contributed by atoms with van der Waals surface area (Å²) in [5.74, 6) is -0.0826. The maximum absolute atomic E-state index is 12.6. The van der Waals surface area contributed by atoms with Gasteiger partial charge in [0.2, 0.25) is 5.91 Å². The first kappa shape index (κ1) is 18.4. The summed E-state index contributed by atoms with van der Waals surface area (Å²) >= 11 is 0. The van der Waals surface area contributed by atoms with Crippen molar-refractivity contribution < 1.29 is 9.59 Å². The molecule has 0 saturated carbocycles. The zero-order valence-electron chi connectivity index (χ0n) is 14.4. The van der Waals surface area contributed by atoms with Crippen LogP contribution in [0.3, 0.4) is 0 Å². The molecule has 4 heteroatoms. The number of hydrogen-bond donors (Lipinski definition) is 2. The number of hydrogen-bond acceptors (Lipinski definition) is 3. The summed E-state index contributed by atoms with van der Waals surface area (Å²) in [6.45, 7) is 9.94. The van der Waals surface area contributed by atoms with Crippen molar-refractivity contribution in [3.8, 4) is 0 Å².